The Kier molecular flexibility index (Phi) is 3.42. The van der Waals surface area contributed by atoms with Crippen LogP contribution in [-0.2, 0) is 27.1 Å². The Morgan fingerprint density at radius 3 is 2.86 bits per heavy atom. The molecule has 0 bridgehead atoms. The predicted molar refractivity (Wildman–Crippen MR) is 102 cm³/mol. The van der Waals surface area contributed by atoms with Gasteiger partial charge in [0.05, 0.1) is 6.54 Å². The molecule has 0 fully saturated rings. The minimum absolute atomic E-state index is 0.156. The molecule has 0 saturated carbocycles. The van der Waals surface area contributed by atoms with Gasteiger partial charge in [0.25, 0.3) is 5.91 Å². The van der Waals surface area contributed by atoms with Gasteiger partial charge < -0.3 is 9.47 Å². The van der Waals surface area contributed by atoms with Gasteiger partial charge in [0.1, 0.15) is 6.33 Å². The number of hydrogen-bond acceptors (Lipinski definition) is 5. The van der Waals surface area contributed by atoms with E-state index in [-0.39, 0.29) is 22.9 Å². The molecule has 142 valence electrons. The predicted octanol–water partition coefficient (Wildman–Crippen LogP) is 0.822. The number of amides is 1. The fourth-order valence-electron chi connectivity index (χ4n) is 4.03. The van der Waals surface area contributed by atoms with E-state index in [1.165, 1.54) is 39.8 Å². The van der Waals surface area contributed by atoms with Crippen molar-refractivity contribution < 1.29 is 4.79 Å². The highest BCUT2D eigenvalue weighted by atomic mass is 16.2. The molecule has 28 heavy (non-hydrogen) atoms. The molecule has 1 aromatic carbocycles. The Hall–Kier alpha value is -3.49. The van der Waals surface area contributed by atoms with Crippen LogP contribution in [-0.4, -0.2) is 46.3 Å². The fraction of sp³-hybridized carbons (Fsp3) is 0.316. The maximum Gasteiger partial charge on any atom is 0.352 e. The molecule has 1 amide bonds. The van der Waals surface area contributed by atoms with E-state index >= 15 is 0 Å². The summed E-state index contributed by atoms with van der Waals surface area (Å²) in [6, 6.07) is 6.44. The van der Waals surface area contributed by atoms with Crippen molar-refractivity contribution in [2.75, 3.05) is 6.54 Å². The maximum absolute atomic E-state index is 13.1. The van der Waals surface area contributed by atoms with Crippen molar-refractivity contribution >= 4 is 22.5 Å². The van der Waals surface area contributed by atoms with Gasteiger partial charge in [-0.25, -0.2) is 14.2 Å². The summed E-state index contributed by atoms with van der Waals surface area (Å²) in [6.45, 7) is 3.18. The summed E-state index contributed by atoms with van der Waals surface area (Å²) in [5.41, 5.74) is 4.78. The molecule has 1 aliphatic heterocycles. The van der Waals surface area contributed by atoms with Crippen LogP contribution in [0.25, 0.3) is 16.6 Å². The second kappa shape index (κ2) is 5.75. The summed E-state index contributed by atoms with van der Waals surface area (Å²) in [5.74, 6) is -0.239. The molecular formula is C19H19N7O2. The van der Waals surface area contributed by atoms with E-state index in [0.29, 0.717) is 13.1 Å². The second-order valence-electron chi connectivity index (χ2n) is 7.26. The van der Waals surface area contributed by atoms with Gasteiger partial charge in [-0.2, -0.15) is 4.68 Å². The lowest BCUT2D eigenvalue weighted by Gasteiger charge is -2.27. The summed E-state index contributed by atoms with van der Waals surface area (Å²) in [5, 5.41) is 9.01. The standard InChI is InChI=1S/C19H19N7O2/c1-11-4-5-14-13(8-11)12-6-7-25(9-15(12)23(14)2)18(27)16-17-21-22-24(3)19(28)26(17)10-20-16/h4-5,8,10H,6-7,9H2,1-3H3. The number of benzene rings is 1. The van der Waals surface area contributed by atoms with Crippen molar-refractivity contribution in [3.05, 3.63) is 57.5 Å². The van der Waals surface area contributed by atoms with Crippen molar-refractivity contribution in [1.29, 1.82) is 0 Å². The molecule has 0 unspecified atom stereocenters. The molecule has 0 atom stereocenters. The summed E-state index contributed by atoms with van der Waals surface area (Å²) in [7, 11) is 3.54. The Morgan fingerprint density at radius 2 is 2.04 bits per heavy atom. The van der Waals surface area contributed by atoms with Crippen LogP contribution in [0.4, 0.5) is 0 Å². The molecule has 9 heteroatoms. The van der Waals surface area contributed by atoms with E-state index < -0.39 is 0 Å². The molecule has 1 aliphatic rings. The van der Waals surface area contributed by atoms with Gasteiger partial charge in [-0.15, -0.1) is 5.10 Å². The number of carbonyl (C=O) groups is 1. The zero-order valence-corrected chi connectivity index (χ0v) is 15.9. The van der Waals surface area contributed by atoms with E-state index in [9.17, 15) is 9.59 Å². The van der Waals surface area contributed by atoms with Gasteiger partial charge in [-0.3, -0.25) is 4.79 Å². The van der Waals surface area contributed by atoms with Gasteiger partial charge in [0, 0.05) is 37.2 Å². The van der Waals surface area contributed by atoms with E-state index in [2.05, 4.69) is 45.0 Å². The van der Waals surface area contributed by atoms with Gasteiger partial charge >= 0.3 is 5.69 Å². The highest BCUT2D eigenvalue weighted by Gasteiger charge is 2.29. The molecule has 0 spiro atoms. The molecule has 0 radical (unpaired) electrons. The number of fused-ring (bicyclic) bond motifs is 4. The maximum atomic E-state index is 13.1. The molecule has 4 heterocycles. The molecule has 3 aromatic heterocycles. The van der Waals surface area contributed by atoms with Crippen LogP contribution in [0, 0.1) is 6.92 Å². The average molecular weight is 377 g/mol. The van der Waals surface area contributed by atoms with E-state index in [1.54, 1.807) is 4.90 Å². The number of aryl methyl sites for hydroxylation is 3. The lowest BCUT2D eigenvalue weighted by Crippen LogP contribution is -2.37. The first kappa shape index (κ1) is 16.7. The third kappa shape index (κ3) is 2.22. The number of aromatic nitrogens is 6. The van der Waals surface area contributed by atoms with Crippen LogP contribution in [0.15, 0.2) is 29.3 Å². The monoisotopic (exact) mass is 377 g/mol. The van der Waals surface area contributed by atoms with Crippen molar-refractivity contribution in [2.24, 2.45) is 14.1 Å². The first-order valence-electron chi connectivity index (χ1n) is 9.09. The normalized spacial score (nSPS) is 14.0. The van der Waals surface area contributed by atoms with Crippen LogP contribution in [0.1, 0.15) is 27.3 Å². The van der Waals surface area contributed by atoms with E-state index in [4.69, 9.17) is 0 Å². The first-order valence-corrected chi connectivity index (χ1v) is 9.09. The summed E-state index contributed by atoms with van der Waals surface area (Å²) in [4.78, 5) is 31.2. The molecule has 5 rings (SSSR count). The first-order chi connectivity index (χ1) is 13.5. The Bertz CT molecular complexity index is 1330. The van der Waals surface area contributed by atoms with E-state index in [0.717, 1.165) is 16.8 Å². The van der Waals surface area contributed by atoms with Crippen LogP contribution >= 0.6 is 0 Å². The lowest BCUT2D eigenvalue weighted by molar-refractivity contribution is 0.0727. The number of rotatable bonds is 1. The third-order valence-electron chi connectivity index (χ3n) is 5.55. The van der Waals surface area contributed by atoms with Crippen LogP contribution in [0.5, 0.6) is 0 Å². The molecule has 0 N–H and O–H groups in total. The fourth-order valence-corrected chi connectivity index (χ4v) is 4.03. The van der Waals surface area contributed by atoms with Gasteiger partial charge in [-0.05, 0) is 31.0 Å². The van der Waals surface area contributed by atoms with Crippen molar-refractivity contribution in [2.45, 2.75) is 19.9 Å². The minimum Gasteiger partial charge on any atom is -0.346 e. The lowest BCUT2D eigenvalue weighted by atomic mass is 10.0. The van der Waals surface area contributed by atoms with Crippen molar-refractivity contribution in [3.63, 3.8) is 0 Å². The second-order valence-corrected chi connectivity index (χ2v) is 7.26. The van der Waals surface area contributed by atoms with Gasteiger partial charge in [-0.1, -0.05) is 16.8 Å². The summed E-state index contributed by atoms with van der Waals surface area (Å²) in [6.07, 6.45) is 2.11. The molecule has 9 nitrogen and oxygen atoms in total. The summed E-state index contributed by atoms with van der Waals surface area (Å²) >= 11 is 0. The topological polar surface area (TPSA) is 90.3 Å². The Labute approximate surface area is 159 Å². The Morgan fingerprint density at radius 1 is 1.21 bits per heavy atom. The smallest absolute Gasteiger partial charge is 0.346 e. The highest BCUT2D eigenvalue weighted by molar-refractivity contribution is 5.98. The van der Waals surface area contributed by atoms with E-state index in [1.807, 2.05) is 7.05 Å². The number of hydrogen-bond donors (Lipinski definition) is 0. The van der Waals surface area contributed by atoms with Crippen LogP contribution in [0.3, 0.4) is 0 Å². The largest absolute Gasteiger partial charge is 0.352 e. The quantitative estimate of drug-likeness (QED) is 0.490. The van der Waals surface area contributed by atoms with Gasteiger partial charge in [0.15, 0.2) is 11.3 Å². The van der Waals surface area contributed by atoms with Crippen molar-refractivity contribution in [3.8, 4) is 0 Å². The Balaban J connectivity index is 1.55. The highest BCUT2D eigenvalue weighted by Crippen LogP contribution is 2.31. The average Bonchev–Trinajstić information content (AvgIpc) is 3.24. The van der Waals surface area contributed by atoms with Crippen molar-refractivity contribution in [1.82, 2.24) is 33.8 Å². The van der Waals surface area contributed by atoms with Crippen LogP contribution in [0.2, 0.25) is 0 Å². The zero-order valence-electron chi connectivity index (χ0n) is 15.9. The minimum atomic E-state index is -0.387. The summed E-state index contributed by atoms with van der Waals surface area (Å²) < 4.78 is 4.51. The number of carbonyl (C=O) groups excluding carboxylic acids is 1. The zero-order chi connectivity index (χ0) is 19.6. The third-order valence-corrected chi connectivity index (χ3v) is 5.55. The van der Waals surface area contributed by atoms with Gasteiger partial charge in [0.2, 0.25) is 0 Å². The molecule has 0 saturated heterocycles. The SMILES string of the molecule is Cc1ccc2c(c1)c1c(n2C)CN(C(=O)c2ncn3c(=O)n(C)nnc23)CC1. The molecule has 4 aromatic rings. The molecular weight excluding hydrogens is 358 g/mol. The number of imidazole rings is 1. The van der Waals surface area contributed by atoms with Crippen LogP contribution < -0.4 is 5.69 Å². The number of nitrogens with zero attached hydrogens (tertiary/aromatic N) is 7. The molecule has 0 aliphatic carbocycles.